The van der Waals surface area contributed by atoms with Crippen LogP contribution >= 0.6 is 0 Å². The van der Waals surface area contributed by atoms with Crippen molar-refractivity contribution in [3.63, 3.8) is 0 Å². The molecule has 9 aromatic carbocycles. The Labute approximate surface area is 318 Å². The average Bonchev–Trinajstić information content (AvgIpc) is 3.60. The summed E-state index contributed by atoms with van der Waals surface area (Å²) in [4.78, 5) is 9.42. The summed E-state index contributed by atoms with van der Waals surface area (Å²) in [7, 11) is 0. The molecule has 11 rings (SSSR count). The number of aromatic nitrogens is 3. The van der Waals surface area contributed by atoms with Gasteiger partial charge in [0, 0.05) is 39.6 Å². The number of hydrogen-bond donors (Lipinski definition) is 0. The maximum absolute atomic E-state index is 4.73. The van der Waals surface area contributed by atoms with Crippen molar-refractivity contribution in [1.82, 2.24) is 14.5 Å². The number of rotatable bonds is 5. The van der Waals surface area contributed by atoms with E-state index in [4.69, 9.17) is 9.97 Å². The van der Waals surface area contributed by atoms with Gasteiger partial charge in [0.15, 0.2) is 0 Å². The zero-order valence-electron chi connectivity index (χ0n) is 29.9. The van der Waals surface area contributed by atoms with E-state index in [0.717, 1.165) is 21.8 Å². The van der Waals surface area contributed by atoms with Crippen molar-refractivity contribution < 1.29 is 0 Å². The van der Waals surface area contributed by atoms with Crippen LogP contribution in [0.2, 0.25) is 0 Å². The second-order valence-electron chi connectivity index (χ2n) is 14.2. The summed E-state index contributed by atoms with van der Waals surface area (Å²) in [5, 5.41) is 7.17. The van der Waals surface area contributed by atoms with Gasteiger partial charge in [-0.2, -0.15) is 0 Å². The van der Waals surface area contributed by atoms with Crippen LogP contribution in [-0.2, 0) is 0 Å². The Balaban J connectivity index is 0.894. The van der Waals surface area contributed by atoms with Crippen LogP contribution in [0.1, 0.15) is 0 Å². The van der Waals surface area contributed by atoms with E-state index in [1.54, 1.807) is 12.4 Å². The van der Waals surface area contributed by atoms with E-state index in [9.17, 15) is 0 Å². The predicted octanol–water partition coefficient (Wildman–Crippen LogP) is 13.7. The highest BCUT2D eigenvalue weighted by molar-refractivity contribution is 6.23. The third kappa shape index (κ3) is 5.20. The van der Waals surface area contributed by atoms with Crippen molar-refractivity contribution >= 4 is 54.4 Å². The topological polar surface area (TPSA) is 30.7 Å². The van der Waals surface area contributed by atoms with Crippen LogP contribution in [0.25, 0.3) is 105 Å². The van der Waals surface area contributed by atoms with Crippen LogP contribution in [0, 0.1) is 0 Å². The molecule has 0 bridgehead atoms. The maximum Gasteiger partial charge on any atom is 0.0971 e. The lowest BCUT2D eigenvalue weighted by molar-refractivity contribution is 1.18. The van der Waals surface area contributed by atoms with Crippen molar-refractivity contribution in [2.45, 2.75) is 0 Å². The van der Waals surface area contributed by atoms with Crippen LogP contribution in [0.15, 0.2) is 200 Å². The Kier molecular flexibility index (Phi) is 7.17. The van der Waals surface area contributed by atoms with Gasteiger partial charge < -0.3 is 4.57 Å². The molecule has 3 heteroatoms. The molecule has 2 heterocycles. The highest BCUT2D eigenvalue weighted by Crippen LogP contribution is 2.38. The first kappa shape index (κ1) is 31.2. The van der Waals surface area contributed by atoms with Gasteiger partial charge in [-0.3, -0.25) is 9.97 Å². The lowest BCUT2D eigenvalue weighted by atomic mass is 9.93. The number of nitrogens with zero attached hydrogens (tertiary/aromatic N) is 3. The molecule has 3 nitrogen and oxygen atoms in total. The molecule has 0 atom stereocenters. The Morgan fingerprint density at radius 3 is 1.40 bits per heavy atom. The number of fused-ring (bicyclic) bond motifs is 9. The zero-order valence-corrected chi connectivity index (χ0v) is 29.9. The molecule has 0 aliphatic heterocycles. The van der Waals surface area contributed by atoms with Crippen LogP contribution in [-0.4, -0.2) is 14.5 Å². The van der Waals surface area contributed by atoms with Gasteiger partial charge in [0.2, 0.25) is 0 Å². The maximum atomic E-state index is 4.73. The van der Waals surface area contributed by atoms with Gasteiger partial charge in [-0.05, 0) is 91.7 Å². The van der Waals surface area contributed by atoms with Crippen molar-refractivity contribution in [3.8, 4) is 50.2 Å². The first-order valence-electron chi connectivity index (χ1n) is 18.7. The second kappa shape index (κ2) is 12.6. The predicted molar refractivity (Wildman–Crippen MR) is 231 cm³/mol. The van der Waals surface area contributed by atoms with Gasteiger partial charge in [-0.1, -0.05) is 152 Å². The van der Waals surface area contributed by atoms with E-state index in [1.165, 1.54) is 82.8 Å². The SMILES string of the molecule is c1ccc(-n2c3ccccc3c3ccc(-c4ccc(-c5ccc(-c6cccc(-c7ccc8c(c7)c7ccccc7c7nccnc87)c6)cc5)cc4)cc32)cc1. The van der Waals surface area contributed by atoms with E-state index in [-0.39, 0.29) is 0 Å². The van der Waals surface area contributed by atoms with E-state index >= 15 is 0 Å². The zero-order chi connectivity index (χ0) is 36.3. The Morgan fingerprint density at radius 1 is 0.273 bits per heavy atom. The largest absolute Gasteiger partial charge is 0.309 e. The minimum absolute atomic E-state index is 0.941. The number of benzene rings is 9. The van der Waals surface area contributed by atoms with Gasteiger partial charge in [-0.25, -0.2) is 0 Å². The summed E-state index contributed by atoms with van der Waals surface area (Å²) in [5.74, 6) is 0. The highest BCUT2D eigenvalue weighted by Gasteiger charge is 2.14. The molecular formula is C52H33N3. The third-order valence-corrected chi connectivity index (χ3v) is 11.1. The average molecular weight is 700 g/mol. The lowest BCUT2D eigenvalue weighted by Crippen LogP contribution is -1.93. The van der Waals surface area contributed by atoms with Crippen LogP contribution in [0.5, 0.6) is 0 Å². The Bertz CT molecular complexity index is 3200. The summed E-state index contributed by atoms with van der Waals surface area (Å²) < 4.78 is 2.38. The molecule has 0 amide bonds. The summed E-state index contributed by atoms with van der Waals surface area (Å²) in [6.45, 7) is 0. The van der Waals surface area contributed by atoms with Crippen molar-refractivity contribution in [2.75, 3.05) is 0 Å². The van der Waals surface area contributed by atoms with Crippen LogP contribution in [0.4, 0.5) is 0 Å². The first-order chi connectivity index (χ1) is 27.3. The van der Waals surface area contributed by atoms with Crippen molar-refractivity contribution in [2.24, 2.45) is 0 Å². The molecule has 0 aliphatic carbocycles. The quantitative estimate of drug-likeness (QED) is 0.167. The minimum atomic E-state index is 0.941. The van der Waals surface area contributed by atoms with E-state index < -0.39 is 0 Å². The summed E-state index contributed by atoms with van der Waals surface area (Å²) >= 11 is 0. The molecule has 0 fully saturated rings. The molecule has 11 aromatic rings. The number of hydrogen-bond acceptors (Lipinski definition) is 2. The molecule has 256 valence electrons. The van der Waals surface area contributed by atoms with Gasteiger partial charge in [0.25, 0.3) is 0 Å². The van der Waals surface area contributed by atoms with Crippen molar-refractivity contribution in [3.05, 3.63) is 200 Å². The molecule has 55 heavy (non-hydrogen) atoms. The number of para-hydroxylation sites is 2. The molecule has 0 saturated heterocycles. The Morgan fingerprint density at radius 2 is 0.727 bits per heavy atom. The minimum Gasteiger partial charge on any atom is -0.309 e. The van der Waals surface area contributed by atoms with Gasteiger partial charge >= 0.3 is 0 Å². The fraction of sp³-hybridized carbons (Fsp3) is 0. The third-order valence-electron chi connectivity index (χ3n) is 11.1. The molecule has 2 aromatic heterocycles. The molecule has 0 N–H and O–H groups in total. The van der Waals surface area contributed by atoms with Crippen LogP contribution in [0.3, 0.4) is 0 Å². The van der Waals surface area contributed by atoms with Gasteiger partial charge in [-0.15, -0.1) is 0 Å². The van der Waals surface area contributed by atoms with Crippen LogP contribution < -0.4 is 0 Å². The molecule has 0 spiro atoms. The molecule has 0 saturated carbocycles. The Hall–Kier alpha value is -7.36. The summed E-state index contributed by atoms with van der Waals surface area (Å²) in [5.41, 5.74) is 15.0. The van der Waals surface area contributed by atoms with E-state index in [1.807, 2.05) is 0 Å². The first-order valence-corrected chi connectivity index (χ1v) is 18.7. The lowest BCUT2D eigenvalue weighted by Gasteiger charge is -2.12. The molecule has 0 aliphatic rings. The van der Waals surface area contributed by atoms with Crippen molar-refractivity contribution in [1.29, 1.82) is 0 Å². The normalized spacial score (nSPS) is 11.6. The van der Waals surface area contributed by atoms with E-state index in [2.05, 4.69) is 193 Å². The fourth-order valence-corrected chi connectivity index (χ4v) is 8.40. The molecular weight excluding hydrogens is 667 g/mol. The fourth-order valence-electron chi connectivity index (χ4n) is 8.40. The van der Waals surface area contributed by atoms with Gasteiger partial charge in [0.1, 0.15) is 0 Å². The molecule has 0 unspecified atom stereocenters. The second-order valence-corrected chi connectivity index (χ2v) is 14.2. The smallest absolute Gasteiger partial charge is 0.0971 e. The summed E-state index contributed by atoms with van der Waals surface area (Å²) in [6, 6.07) is 68.1. The summed E-state index contributed by atoms with van der Waals surface area (Å²) in [6.07, 6.45) is 3.56. The standard InChI is InChI=1S/C52H33N3/c1-2-11-42(12-3-1)55-49-16-7-6-14-44(49)45-27-25-41(33-50(45)55)37-23-19-35(20-24-37)34-17-21-36(22-18-34)38-9-8-10-39(31-38)40-26-28-47-48(32-40)43-13-4-5-15-46(43)51-52(47)54-30-29-53-51/h1-33H. The van der Waals surface area contributed by atoms with Gasteiger partial charge in [0.05, 0.1) is 22.1 Å². The molecule has 0 radical (unpaired) electrons. The monoisotopic (exact) mass is 699 g/mol. The van der Waals surface area contributed by atoms with E-state index in [0.29, 0.717) is 0 Å². The highest BCUT2D eigenvalue weighted by atomic mass is 15.0.